The second-order valence-electron chi connectivity index (χ2n) is 7.70. The van der Waals surface area contributed by atoms with E-state index in [1.165, 1.54) is 24.3 Å². The van der Waals surface area contributed by atoms with Crippen LogP contribution in [0, 0.1) is 10.1 Å². The van der Waals surface area contributed by atoms with Crippen LogP contribution in [0.5, 0.6) is 17.2 Å². The van der Waals surface area contributed by atoms with Crippen LogP contribution in [0.1, 0.15) is 23.6 Å². The number of nitro groups is 1. The molecule has 3 aromatic carbocycles. The monoisotopic (exact) mass is 461 g/mol. The Morgan fingerprint density at radius 2 is 1.68 bits per heavy atom. The predicted octanol–water partition coefficient (Wildman–Crippen LogP) is 4.81. The lowest BCUT2D eigenvalue weighted by Crippen LogP contribution is -2.37. The number of carbonyl (C=O) groups is 1. The van der Waals surface area contributed by atoms with Crippen molar-refractivity contribution in [1.82, 2.24) is 5.01 Å². The van der Waals surface area contributed by atoms with Gasteiger partial charge in [0.05, 0.1) is 30.9 Å². The van der Waals surface area contributed by atoms with E-state index in [4.69, 9.17) is 14.2 Å². The number of hydrazone groups is 1. The van der Waals surface area contributed by atoms with E-state index >= 15 is 0 Å². The van der Waals surface area contributed by atoms with E-state index in [2.05, 4.69) is 5.10 Å². The zero-order chi connectivity index (χ0) is 24.2. The van der Waals surface area contributed by atoms with Gasteiger partial charge in [0.25, 0.3) is 5.69 Å². The predicted molar refractivity (Wildman–Crippen MR) is 126 cm³/mol. The molecule has 9 nitrogen and oxygen atoms in total. The second-order valence-corrected chi connectivity index (χ2v) is 7.70. The van der Waals surface area contributed by atoms with E-state index < -0.39 is 11.0 Å². The van der Waals surface area contributed by atoms with Crippen molar-refractivity contribution in [2.75, 3.05) is 14.2 Å². The quantitative estimate of drug-likeness (QED) is 0.399. The number of rotatable bonds is 5. The first-order chi connectivity index (χ1) is 16.4. The van der Waals surface area contributed by atoms with Crippen LogP contribution in [0.2, 0.25) is 0 Å². The number of non-ortho nitro benzene ring substituents is 1. The Bertz CT molecular complexity index is 1240. The fourth-order valence-electron chi connectivity index (χ4n) is 3.79. The summed E-state index contributed by atoms with van der Waals surface area (Å²) in [6.07, 6.45) is -0.163. The van der Waals surface area contributed by atoms with Gasteiger partial charge in [-0.1, -0.05) is 18.2 Å². The van der Waals surface area contributed by atoms with E-state index in [0.29, 0.717) is 34.9 Å². The number of carbonyl (C=O) groups excluding carboxylic acids is 1. The van der Waals surface area contributed by atoms with Crippen molar-refractivity contribution in [3.05, 3.63) is 93.5 Å². The van der Waals surface area contributed by atoms with Crippen LogP contribution in [0.4, 0.5) is 10.5 Å². The molecule has 1 amide bonds. The van der Waals surface area contributed by atoms with Gasteiger partial charge < -0.3 is 14.2 Å². The van der Waals surface area contributed by atoms with Crippen LogP contribution in [0.3, 0.4) is 0 Å². The average molecular weight is 461 g/mol. The summed E-state index contributed by atoms with van der Waals surface area (Å²) in [5, 5.41) is 17.1. The molecule has 0 aliphatic carbocycles. The third kappa shape index (κ3) is 4.54. The molecule has 0 bridgehead atoms. The first kappa shape index (κ1) is 22.8. The molecular weight excluding hydrogens is 438 g/mol. The number of nitrogens with zero attached hydrogens (tertiary/aromatic N) is 3. The summed E-state index contributed by atoms with van der Waals surface area (Å²) in [5.74, 6) is 1.46. The van der Waals surface area contributed by atoms with Gasteiger partial charge in [0.1, 0.15) is 5.75 Å². The first-order valence-corrected chi connectivity index (χ1v) is 10.6. The number of para-hydroxylation sites is 1. The van der Waals surface area contributed by atoms with E-state index in [9.17, 15) is 14.9 Å². The Kier molecular flexibility index (Phi) is 6.44. The summed E-state index contributed by atoms with van der Waals surface area (Å²) in [7, 11) is 3.09. The summed E-state index contributed by atoms with van der Waals surface area (Å²) in [5.41, 5.74) is 2.63. The Morgan fingerprint density at radius 3 is 2.29 bits per heavy atom. The zero-order valence-electron chi connectivity index (χ0n) is 18.9. The van der Waals surface area contributed by atoms with Gasteiger partial charge in [0, 0.05) is 23.3 Å². The normalized spacial score (nSPS) is 15.0. The summed E-state index contributed by atoms with van der Waals surface area (Å²) in [6.45, 7) is 1.87. The lowest BCUT2D eigenvalue weighted by atomic mass is 9.94. The Balaban J connectivity index is 1.83. The fraction of sp³-hybridized carbons (Fsp3) is 0.200. The smallest absolute Gasteiger partial charge is 0.436 e. The summed E-state index contributed by atoms with van der Waals surface area (Å²) >= 11 is 0. The van der Waals surface area contributed by atoms with Gasteiger partial charge >= 0.3 is 6.09 Å². The van der Waals surface area contributed by atoms with Crippen LogP contribution < -0.4 is 14.2 Å². The Morgan fingerprint density at radius 1 is 1.03 bits per heavy atom. The van der Waals surface area contributed by atoms with Gasteiger partial charge in [0.2, 0.25) is 0 Å². The Labute approximate surface area is 196 Å². The molecule has 0 aromatic heterocycles. The standard InChI is InChI=1S/C25H23N3O6/c1-16-13-18-14-22(32-2)23(33-3)15-21(18)24(17-9-11-19(12-10-17)28(30)31)26-27(16)25(29)34-20-7-5-4-6-8-20/h4-12,14-16H,13H2,1-3H3. The third-order valence-corrected chi connectivity index (χ3v) is 5.49. The molecule has 0 fully saturated rings. The number of amides is 1. The maximum Gasteiger partial charge on any atom is 0.436 e. The number of hydrogen-bond donors (Lipinski definition) is 0. The minimum Gasteiger partial charge on any atom is -0.493 e. The van der Waals surface area contributed by atoms with Gasteiger partial charge in [0.15, 0.2) is 11.5 Å². The molecule has 1 heterocycles. The molecule has 1 atom stereocenters. The van der Waals surface area contributed by atoms with E-state index in [1.54, 1.807) is 49.6 Å². The van der Waals surface area contributed by atoms with Crippen molar-refractivity contribution in [2.45, 2.75) is 19.4 Å². The number of nitro benzene ring substituents is 1. The van der Waals surface area contributed by atoms with Gasteiger partial charge in [-0.05, 0) is 55.3 Å². The van der Waals surface area contributed by atoms with Crippen molar-refractivity contribution in [3.63, 3.8) is 0 Å². The molecule has 0 saturated carbocycles. The van der Waals surface area contributed by atoms with Crippen LogP contribution in [0.15, 0.2) is 71.8 Å². The van der Waals surface area contributed by atoms with Gasteiger partial charge in [-0.15, -0.1) is 0 Å². The highest BCUT2D eigenvalue weighted by Gasteiger charge is 2.30. The summed E-state index contributed by atoms with van der Waals surface area (Å²) < 4.78 is 16.5. The maximum atomic E-state index is 13.1. The topological polar surface area (TPSA) is 103 Å². The summed E-state index contributed by atoms with van der Waals surface area (Å²) in [6, 6.07) is 18.1. The molecule has 3 aromatic rings. The lowest BCUT2D eigenvalue weighted by molar-refractivity contribution is -0.384. The lowest BCUT2D eigenvalue weighted by Gasteiger charge is -2.22. The number of benzene rings is 3. The third-order valence-electron chi connectivity index (χ3n) is 5.49. The highest BCUT2D eigenvalue weighted by Crippen LogP contribution is 2.35. The van der Waals surface area contributed by atoms with Crippen LogP contribution >= 0.6 is 0 Å². The minimum absolute atomic E-state index is 0.0424. The van der Waals surface area contributed by atoms with Crippen LogP contribution in [-0.4, -0.2) is 42.0 Å². The molecular formula is C25H23N3O6. The minimum atomic E-state index is -0.634. The molecule has 34 heavy (non-hydrogen) atoms. The van der Waals surface area contributed by atoms with Crippen molar-refractivity contribution in [1.29, 1.82) is 0 Å². The van der Waals surface area contributed by atoms with Crippen molar-refractivity contribution in [3.8, 4) is 17.2 Å². The second kappa shape index (κ2) is 9.62. The van der Waals surface area contributed by atoms with E-state index in [1.807, 2.05) is 19.1 Å². The molecule has 4 rings (SSSR count). The van der Waals surface area contributed by atoms with E-state index in [0.717, 1.165) is 11.1 Å². The molecule has 0 saturated heterocycles. The molecule has 1 aliphatic rings. The molecule has 174 valence electrons. The molecule has 9 heteroatoms. The summed E-state index contributed by atoms with van der Waals surface area (Å²) in [4.78, 5) is 23.8. The first-order valence-electron chi connectivity index (χ1n) is 10.6. The zero-order valence-corrected chi connectivity index (χ0v) is 18.9. The fourth-order valence-corrected chi connectivity index (χ4v) is 3.79. The molecule has 0 radical (unpaired) electrons. The van der Waals surface area contributed by atoms with Crippen LogP contribution in [-0.2, 0) is 6.42 Å². The van der Waals surface area contributed by atoms with Crippen LogP contribution in [0.25, 0.3) is 0 Å². The molecule has 0 N–H and O–H groups in total. The highest BCUT2D eigenvalue weighted by molar-refractivity contribution is 6.14. The average Bonchev–Trinajstić information content (AvgIpc) is 2.99. The maximum absolute atomic E-state index is 13.1. The number of methoxy groups -OCH3 is 2. The highest BCUT2D eigenvalue weighted by atomic mass is 16.6. The number of fused-ring (bicyclic) bond motifs is 1. The van der Waals surface area contributed by atoms with Gasteiger partial charge in [-0.3, -0.25) is 10.1 Å². The van der Waals surface area contributed by atoms with Crippen molar-refractivity contribution in [2.24, 2.45) is 5.10 Å². The number of ether oxygens (including phenoxy) is 3. The van der Waals surface area contributed by atoms with Gasteiger partial charge in [-0.25, -0.2) is 4.79 Å². The van der Waals surface area contributed by atoms with Crippen molar-refractivity contribution < 1.29 is 23.9 Å². The molecule has 1 unspecified atom stereocenters. The SMILES string of the molecule is COc1cc2c(cc1OC)C(c1ccc([N+](=O)[O-])cc1)=NN(C(=O)Oc1ccccc1)C(C)C2. The Hall–Kier alpha value is -4.40. The van der Waals surface area contributed by atoms with Gasteiger partial charge in [-0.2, -0.15) is 10.1 Å². The van der Waals surface area contributed by atoms with Crippen molar-refractivity contribution >= 4 is 17.5 Å². The molecule has 0 spiro atoms. The van der Waals surface area contributed by atoms with E-state index in [-0.39, 0.29) is 11.7 Å². The molecule has 1 aliphatic heterocycles. The number of hydrogen-bond acceptors (Lipinski definition) is 7. The largest absolute Gasteiger partial charge is 0.493 e.